The molecule has 11 nitrogen and oxygen atoms in total. The molecule has 0 rings (SSSR count). The number of phosphoric acid groups is 1. The molecule has 0 aliphatic rings. The first kappa shape index (κ1) is 40.2. The van der Waals surface area contributed by atoms with Crippen molar-refractivity contribution in [3.05, 3.63) is 0 Å². The van der Waals surface area contributed by atoms with Crippen molar-refractivity contribution >= 4 is 13.8 Å². The number of carboxylic acid groups (broad SMARTS) is 1. The van der Waals surface area contributed by atoms with Gasteiger partial charge in [-0.3, -0.25) is 0 Å². The molecule has 166 valence electrons. The second-order valence-electron chi connectivity index (χ2n) is 6.60. The molecule has 0 radical (unpaired) electrons. The number of hydrogen-bond donors (Lipinski definition) is 5. The molecular formula is C14H44N5O6P. The summed E-state index contributed by atoms with van der Waals surface area (Å²) in [6, 6.07) is 2.33. The standard InChI is InChI=1S/4C3H9N.C2H5NO2.H3O4P/c4*1-3(2)4;3-1-2(4)5;1-5(2,3)4/h4*3H,4H2,1-2H3;1,3H2,(H,4,5);(H3,1,2,3,4). The summed E-state index contributed by atoms with van der Waals surface area (Å²) in [6.45, 7) is 16.1. The predicted octanol–water partition coefficient (Wildman–Crippen LogP) is -6.58. The molecule has 0 aliphatic carbocycles. The highest BCUT2D eigenvalue weighted by atomic mass is 31.2. The Kier molecular flexibility index (Phi) is 45.0. The molecule has 0 saturated heterocycles. The van der Waals surface area contributed by atoms with E-state index in [1.165, 1.54) is 0 Å². The van der Waals surface area contributed by atoms with Crippen molar-refractivity contribution in [1.29, 1.82) is 0 Å². The average molecular weight is 410 g/mol. The van der Waals surface area contributed by atoms with Crippen molar-refractivity contribution < 1.29 is 52.1 Å². The predicted molar refractivity (Wildman–Crippen MR) is 93.8 cm³/mol. The van der Waals surface area contributed by atoms with Crippen LogP contribution in [-0.4, -0.2) is 36.7 Å². The van der Waals surface area contributed by atoms with Crippen LogP contribution in [0.25, 0.3) is 0 Å². The molecule has 0 aliphatic heterocycles. The Morgan fingerprint density at radius 3 is 0.808 bits per heavy atom. The fraction of sp³-hybridized carbons (Fsp3) is 0.929. The first-order valence-electron chi connectivity index (χ1n) is 8.15. The smallest absolute Gasteiger partial charge is 0.0786 e. The molecule has 26 heavy (non-hydrogen) atoms. The van der Waals surface area contributed by atoms with Gasteiger partial charge in [-0.25, -0.2) is 0 Å². The van der Waals surface area contributed by atoms with Gasteiger partial charge in [-0.15, -0.1) is 0 Å². The first-order valence-corrected chi connectivity index (χ1v) is 9.61. The van der Waals surface area contributed by atoms with E-state index in [9.17, 15) is 0 Å². The van der Waals surface area contributed by atoms with E-state index in [4.69, 9.17) is 29.1 Å². The summed E-state index contributed by atoms with van der Waals surface area (Å²) in [6.07, 6.45) is 0. The van der Waals surface area contributed by atoms with E-state index < -0.39 is 13.8 Å². The van der Waals surface area contributed by atoms with Gasteiger partial charge in [0.1, 0.15) is 0 Å². The molecule has 0 unspecified atom stereocenters. The van der Waals surface area contributed by atoms with E-state index >= 15 is 0 Å². The second kappa shape index (κ2) is 29.2. The summed E-state index contributed by atoms with van der Waals surface area (Å²) in [4.78, 5) is 34.8. The zero-order chi connectivity index (χ0) is 23.1. The number of rotatable bonds is 1. The lowest BCUT2D eigenvalue weighted by atomic mass is 10.4. The van der Waals surface area contributed by atoms with E-state index in [-0.39, 0.29) is 6.54 Å². The third-order valence-electron chi connectivity index (χ3n) is 0.167. The second-order valence-corrected chi connectivity index (χ2v) is 7.49. The molecule has 0 saturated carbocycles. The molecule has 0 spiro atoms. The van der Waals surface area contributed by atoms with Gasteiger partial charge in [0.25, 0.3) is 0 Å². The molecule has 0 bridgehead atoms. The third-order valence-corrected chi connectivity index (χ3v) is 0.167. The topological polar surface area (TPSA) is 263 Å². The van der Waals surface area contributed by atoms with Gasteiger partial charge in [0, 0.05) is 6.54 Å². The zero-order valence-corrected chi connectivity index (χ0v) is 18.7. The zero-order valence-electron chi connectivity index (χ0n) is 17.8. The summed E-state index contributed by atoms with van der Waals surface area (Å²) in [5.74, 6) is -1.22. The Bertz CT molecular complexity index is 256. The molecule has 0 aromatic rings. The molecule has 12 heteroatoms. The third kappa shape index (κ3) is 6150. The Labute approximate surface area is 158 Å². The van der Waals surface area contributed by atoms with Gasteiger partial charge in [-0.2, -0.15) is 7.82 Å². The summed E-state index contributed by atoms with van der Waals surface area (Å²) >= 11 is 0. The van der Waals surface area contributed by atoms with E-state index in [0.717, 1.165) is 0 Å². The SMILES string of the molecule is CC(C)[NH3+].CC(C)[NH3+].CC(C)[NH3+].CC(C)[NH3+].NCC(=O)[O-].O=P([O-])([O-])[O-]. The van der Waals surface area contributed by atoms with Gasteiger partial charge >= 0.3 is 0 Å². The summed E-state index contributed by atoms with van der Waals surface area (Å²) in [5.41, 5.74) is 19.1. The minimum Gasteiger partial charge on any atom is -0.822 e. The van der Waals surface area contributed by atoms with Crippen molar-refractivity contribution in [3.63, 3.8) is 0 Å². The van der Waals surface area contributed by atoms with Crippen LogP contribution in [0.4, 0.5) is 0 Å². The number of quaternary nitrogens is 4. The lowest BCUT2D eigenvalue weighted by Crippen LogP contribution is -2.57. The van der Waals surface area contributed by atoms with Gasteiger partial charge in [-0.05, 0) is 55.4 Å². The molecule has 0 aromatic carbocycles. The molecule has 0 amide bonds. The van der Waals surface area contributed by atoms with Crippen LogP contribution in [0.3, 0.4) is 0 Å². The monoisotopic (exact) mass is 409 g/mol. The number of carboxylic acids is 1. The quantitative estimate of drug-likeness (QED) is 0.261. The van der Waals surface area contributed by atoms with Crippen molar-refractivity contribution in [3.8, 4) is 0 Å². The van der Waals surface area contributed by atoms with Gasteiger partial charge in [-0.1, -0.05) is 0 Å². The van der Waals surface area contributed by atoms with Crippen molar-refractivity contribution in [1.82, 2.24) is 0 Å². The van der Waals surface area contributed by atoms with Crippen LogP contribution in [0.2, 0.25) is 0 Å². The van der Waals surface area contributed by atoms with E-state index in [1.807, 2.05) is 0 Å². The average Bonchev–Trinajstić information content (AvgIpc) is 2.22. The minimum absolute atomic E-state index is 0.389. The fourth-order valence-corrected chi connectivity index (χ4v) is 0. The summed E-state index contributed by atoms with van der Waals surface area (Å²) in [7, 11) is -5.39. The maximum absolute atomic E-state index is 9.13. The van der Waals surface area contributed by atoms with Crippen LogP contribution < -0.4 is 48.5 Å². The fourth-order valence-electron chi connectivity index (χ4n) is 0. The van der Waals surface area contributed by atoms with Gasteiger partial charge in [0.2, 0.25) is 0 Å². The largest absolute Gasteiger partial charge is 0.822 e. The number of carbonyl (C=O) groups is 1. The minimum atomic E-state index is -5.39. The van der Waals surface area contributed by atoms with Crippen molar-refractivity contribution in [2.75, 3.05) is 6.54 Å². The lowest BCUT2D eigenvalue weighted by Gasteiger charge is -2.36. The lowest BCUT2D eigenvalue weighted by molar-refractivity contribution is -0.432. The Balaban J connectivity index is -0.0000000463. The normalized spacial score (nSPS) is 9.23. The van der Waals surface area contributed by atoms with Crippen LogP contribution in [0, 0.1) is 0 Å². The molecule has 14 N–H and O–H groups in total. The van der Waals surface area contributed by atoms with Crippen LogP contribution >= 0.6 is 7.82 Å². The van der Waals surface area contributed by atoms with Gasteiger partial charge < -0.3 is 57.8 Å². The maximum atomic E-state index is 9.13. The number of carbonyl (C=O) groups excluding carboxylic acids is 1. The van der Waals surface area contributed by atoms with Gasteiger partial charge in [0.15, 0.2) is 0 Å². The highest BCUT2D eigenvalue weighted by molar-refractivity contribution is 7.40. The summed E-state index contributed by atoms with van der Waals surface area (Å²) in [5, 5.41) is 9.13. The van der Waals surface area contributed by atoms with Crippen LogP contribution in [0.15, 0.2) is 0 Å². The van der Waals surface area contributed by atoms with Crippen LogP contribution in [-0.2, 0) is 9.36 Å². The van der Waals surface area contributed by atoms with E-state index in [1.54, 1.807) is 0 Å². The Morgan fingerprint density at radius 1 is 0.769 bits per heavy atom. The molecule has 0 heterocycles. The highest BCUT2D eigenvalue weighted by Gasteiger charge is 1.73. The Morgan fingerprint density at radius 2 is 0.808 bits per heavy atom. The number of nitrogens with two attached hydrogens (primary N) is 1. The molecular weight excluding hydrogens is 365 g/mol. The van der Waals surface area contributed by atoms with Crippen LogP contribution in [0.5, 0.6) is 0 Å². The maximum Gasteiger partial charge on any atom is 0.0786 e. The van der Waals surface area contributed by atoms with Crippen molar-refractivity contribution in [2.45, 2.75) is 79.6 Å². The summed E-state index contributed by atoms with van der Waals surface area (Å²) < 4.78 is 8.55. The first-order chi connectivity index (χ1) is 11.2. The molecule has 0 fully saturated rings. The molecule has 0 aromatic heterocycles. The van der Waals surface area contributed by atoms with E-state index in [0.29, 0.717) is 24.2 Å². The Hall–Kier alpha value is -0.620. The molecule has 0 atom stereocenters. The highest BCUT2D eigenvalue weighted by Crippen LogP contribution is 2.03. The van der Waals surface area contributed by atoms with Crippen molar-refractivity contribution in [2.24, 2.45) is 5.73 Å². The number of aliphatic carboxylic acids is 1. The van der Waals surface area contributed by atoms with E-state index in [2.05, 4.69) is 84.1 Å². The number of hydrogen-bond acceptors (Lipinski definition) is 7. The van der Waals surface area contributed by atoms with Gasteiger partial charge in [0.05, 0.1) is 30.1 Å². The van der Waals surface area contributed by atoms with Crippen LogP contribution in [0.1, 0.15) is 55.4 Å².